The monoisotopic (exact) mass is 474 g/mol. The molecule has 6 nitrogen and oxygen atoms in total. The molecule has 0 spiro atoms. The number of ether oxygens (including phenoxy) is 1. The van der Waals surface area contributed by atoms with Gasteiger partial charge in [0.05, 0.1) is 25.1 Å². The van der Waals surface area contributed by atoms with Crippen molar-refractivity contribution in [2.45, 2.75) is 66.3 Å². The van der Waals surface area contributed by atoms with Crippen LogP contribution in [0.15, 0.2) is 30.3 Å². The first-order valence-corrected chi connectivity index (χ1v) is 13.2. The molecular formula is C26H38N2O4S. The summed E-state index contributed by atoms with van der Waals surface area (Å²) in [4.78, 5) is 12.7. The van der Waals surface area contributed by atoms with Crippen molar-refractivity contribution in [2.75, 3.05) is 24.2 Å². The molecule has 0 bridgehead atoms. The van der Waals surface area contributed by atoms with Crippen molar-refractivity contribution in [3.63, 3.8) is 0 Å². The van der Waals surface area contributed by atoms with Crippen molar-refractivity contribution < 1.29 is 17.9 Å². The Morgan fingerprint density at radius 3 is 2.12 bits per heavy atom. The Hall–Kier alpha value is -2.54. The average Bonchev–Trinajstić information content (AvgIpc) is 2.68. The number of carbonyl (C=O) groups excluding carboxylic acids is 1. The third kappa shape index (κ3) is 7.22. The molecule has 182 valence electrons. The quantitative estimate of drug-likeness (QED) is 0.516. The highest BCUT2D eigenvalue weighted by molar-refractivity contribution is 7.92. The van der Waals surface area contributed by atoms with E-state index in [9.17, 15) is 13.2 Å². The van der Waals surface area contributed by atoms with E-state index in [1.165, 1.54) is 10.6 Å². The maximum atomic E-state index is 12.7. The van der Waals surface area contributed by atoms with Gasteiger partial charge in [-0.2, -0.15) is 0 Å². The van der Waals surface area contributed by atoms with Gasteiger partial charge in [0.15, 0.2) is 0 Å². The Kier molecular flexibility index (Phi) is 8.95. The normalized spacial score (nSPS) is 12.5. The minimum atomic E-state index is -3.45. The van der Waals surface area contributed by atoms with Crippen LogP contribution in [-0.2, 0) is 14.8 Å². The third-order valence-corrected chi connectivity index (χ3v) is 6.94. The molecule has 2 rings (SSSR count). The van der Waals surface area contributed by atoms with E-state index >= 15 is 0 Å². The van der Waals surface area contributed by atoms with Crippen LogP contribution >= 0.6 is 0 Å². The predicted molar refractivity (Wildman–Crippen MR) is 136 cm³/mol. The van der Waals surface area contributed by atoms with E-state index in [1.807, 2.05) is 52.0 Å². The molecule has 2 aromatic rings. The van der Waals surface area contributed by atoms with Crippen LogP contribution in [0, 0.1) is 20.8 Å². The topological polar surface area (TPSA) is 75.7 Å². The van der Waals surface area contributed by atoms with Gasteiger partial charge in [0.25, 0.3) is 0 Å². The fourth-order valence-electron chi connectivity index (χ4n) is 4.17. The highest BCUT2D eigenvalue weighted by Gasteiger charge is 2.20. The van der Waals surface area contributed by atoms with Crippen LogP contribution in [0.1, 0.15) is 73.4 Å². The van der Waals surface area contributed by atoms with Gasteiger partial charge in [-0.3, -0.25) is 9.10 Å². The fourth-order valence-corrected chi connectivity index (χ4v) is 5.12. The number of methoxy groups -OCH3 is 1. The smallest absolute Gasteiger partial charge is 0.232 e. The Balaban J connectivity index is 2.06. The average molecular weight is 475 g/mol. The molecule has 0 unspecified atom stereocenters. The summed E-state index contributed by atoms with van der Waals surface area (Å²) in [5.41, 5.74) is 5.86. The van der Waals surface area contributed by atoms with Crippen LogP contribution < -0.4 is 14.4 Å². The first-order valence-electron chi connectivity index (χ1n) is 11.4. The molecule has 0 aliphatic carbocycles. The Morgan fingerprint density at radius 2 is 1.61 bits per heavy atom. The summed E-state index contributed by atoms with van der Waals surface area (Å²) < 4.78 is 31.7. The maximum absolute atomic E-state index is 12.7. The van der Waals surface area contributed by atoms with Crippen molar-refractivity contribution in [3.8, 4) is 5.75 Å². The molecule has 33 heavy (non-hydrogen) atoms. The van der Waals surface area contributed by atoms with Crippen LogP contribution in [0.2, 0.25) is 0 Å². The molecule has 0 aromatic heterocycles. The molecule has 1 atom stereocenters. The zero-order chi connectivity index (χ0) is 24.9. The maximum Gasteiger partial charge on any atom is 0.232 e. The van der Waals surface area contributed by atoms with Crippen LogP contribution in [0.5, 0.6) is 5.75 Å². The van der Waals surface area contributed by atoms with E-state index in [0.29, 0.717) is 18.0 Å². The zero-order valence-electron chi connectivity index (χ0n) is 21.2. The molecule has 0 saturated heterocycles. The molecule has 1 amide bonds. The highest BCUT2D eigenvalue weighted by atomic mass is 32.2. The van der Waals surface area contributed by atoms with Crippen molar-refractivity contribution in [1.29, 1.82) is 0 Å². The number of anilines is 1. The van der Waals surface area contributed by atoms with Gasteiger partial charge in [-0.25, -0.2) is 8.42 Å². The summed E-state index contributed by atoms with van der Waals surface area (Å²) in [5.74, 6) is 1.06. The van der Waals surface area contributed by atoms with Crippen LogP contribution in [0.25, 0.3) is 0 Å². The second-order valence-corrected chi connectivity index (χ2v) is 11.1. The summed E-state index contributed by atoms with van der Waals surface area (Å²) in [6, 6.07) is 9.68. The number of rotatable bonds is 10. The van der Waals surface area contributed by atoms with E-state index in [-0.39, 0.29) is 24.9 Å². The van der Waals surface area contributed by atoms with E-state index in [0.717, 1.165) is 33.6 Å². The van der Waals surface area contributed by atoms with Crippen molar-refractivity contribution in [2.24, 2.45) is 0 Å². The van der Waals surface area contributed by atoms with Gasteiger partial charge >= 0.3 is 0 Å². The van der Waals surface area contributed by atoms with Gasteiger partial charge in [0.2, 0.25) is 15.9 Å². The molecule has 2 aromatic carbocycles. The number of aryl methyl sites for hydroxylation is 3. The van der Waals surface area contributed by atoms with Gasteiger partial charge in [-0.05, 0) is 92.1 Å². The minimum Gasteiger partial charge on any atom is -0.496 e. The van der Waals surface area contributed by atoms with Crippen molar-refractivity contribution >= 4 is 21.6 Å². The molecule has 0 aliphatic heterocycles. The number of hydrogen-bond donors (Lipinski definition) is 1. The summed E-state index contributed by atoms with van der Waals surface area (Å²) in [7, 11) is -1.78. The van der Waals surface area contributed by atoms with Crippen molar-refractivity contribution in [3.05, 3.63) is 58.1 Å². The van der Waals surface area contributed by atoms with Crippen LogP contribution in [0.4, 0.5) is 5.69 Å². The van der Waals surface area contributed by atoms with E-state index in [4.69, 9.17) is 4.74 Å². The Labute approximate surface area is 199 Å². The van der Waals surface area contributed by atoms with Crippen LogP contribution in [-0.4, -0.2) is 34.2 Å². The second kappa shape index (κ2) is 11.1. The van der Waals surface area contributed by atoms with Gasteiger partial charge < -0.3 is 10.1 Å². The molecule has 7 heteroatoms. The fraction of sp³-hybridized carbons (Fsp3) is 0.500. The summed E-state index contributed by atoms with van der Waals surface area (Å²) in [5, 5.41) is 3.06. The van der Waals surface area contributed by atoms with E-state index < -0.39 is 10.0 Å². The summed E-state index contributed by atoms with van der Waals surface area (Å²) in [6.07, 6.45) is 1.87. The lowest BCUT2D eigenvalue weighted by molar-refractivity contribution is -0.121. The number of carbonyl (C=O) groups is 1. The number of nitrogens with one attached hydrogen (secondary N) is 1. The largest absolute Gasteiger partial charge is 0.496 e. The molecular weight excluding hydrogens is 436 g/mol. The third-order valence-electron chi connectivity index (χ3n) is 5.74. The second-order valence-electron chi connectivity index (χ2n) is 9.18. The van der Waals surface area contributed by atoms with Gasteiger partial charge in [0.1, 0.15) is 5.75 Å². The zero-order valence-corrected chi connectivity index (χ0v) is 22.0. The minimum absolute atomic E-state index is 0.0994. The number of sulfonamides is 1. The standard InChI is InChI=1S/C26H38N2O4S/c1-17(2)23-16-24(20(5)15-25(23)32-7)21(6)27-26(29)10-9-11-28(33(8,30)31)22-13-18(3)12-19(4)14-22/h12-17,21H,9-11H2,1-8H3,(H,27,29)/t21-/m0/s1. The summed E-state index contributed by atoms with van der Waals surface area (Å²) in [6.45, 7) is 12.3. The number of benzene rings is 2. The molecule has 0 radical (unpaired) electrons. The van der Waals surface area contributed by atoms with Gasteiger partial charge in [0, 0.05) is 13.0 Å². The SMILES string of the molecule is COc1cc(C)c([C@H](C)NC(=O)CCCN(c2cc(C)cc(C)c2)S(C)(=O)=O)cc1C(C)C. The van der Waals surface area contributed by atoms with Gasteiger partial charge in [-0.15, -0.1) is 0 Å². The Morgan fingerprint density at radius 1 is 1.00 bits per heavy atom. The van der Waals surface area contributed by atoms with Gasteiger partial charge in [-0.1, -0.05) is 19.9 Å². The highest BCUT2D eigenvalue weighted by Crippen LogP contribution is 2.32. The number of hydrogen-bond acceptors (Lipinski definition) is 4. The lowest BCUT2D eigenvalue weighted by Crippen LogP contribution is -2.32. The summed E-state index contributed by atoms with van der Waals surface area (Å²) >= 11 is 0. The molecule has 0 aliphatic rings. The van der Waals surface area contributed by atoms with Crippen LogP contribution in [0.3, 0.4) is 0 Å². The lowest BCUT2D eigenvalue weighted by Gasteiger charge is -2.24. The van der Waals surface area contributed by atoms with Crippen molar-refractivity contribution in [1.82, 2.24) is 5.32 Å². The lowest BCUT2D eigenvalue weighted by atomic mass is 9.93. The molecule has 0 saturated carbocycles. The van der Waals surface area contributed by atoms with E-state index in [2.05, 4.69) is 25.2 Å². The predicted octanol–water partition coefficient (Wildman–Crippen LogP) is 5.17. The molecule has 0 fully saturated rings. The number of amides is 1. The molecule has 0 heterocycles. The first kappa shape index (κ1) is 26.7. The molecule has 1 N–H and O–H groups in total. The van der Waals surface area contributed by atoms with E-state index in [1.54, 1.807) is 7.11 Å². The Bertz CT molecular complexity index is 1070. The first-order chi connectivity index (χ1) is 15.3. The number of nitrogens with zero attached hydrogens (tertiary/aromatic N) is 1.